The quantitative estimate of drug-likeness (QED) is 0.683. The Labute approximate surface area is 80.2 Å². The number of amides is 1. The Morgan fingerprint density at radius 3 is 2.62 bits per heavy atom. The molecule has 0 rings (SSSR count). The van der Waals surface area contributed by atoms with Crippen molar-refractivity contribution in [2.75, 3.05) is 7.11 Å². The average Bonchev–Trinajstić information content (AvgIpc) is 2.03. The van der Waals surface area contributed by atoms with E-state index in [1.54, 1.807) is 0 Å². The van der Waals surface area contributed by atoms with Crippen molar-refractivity contribution >= 4 is 6.09 Å². The van der Waals surface area contributed by atoms with Crippen LogP contribution >= 0.6 is 0 Å². The molecule has 0 saturated heterocycles. The molecule has 0 aliphatic rings. The summed E-state index contributed by atoms with van der Waals surface area (Å²) >= 11 is 0. The zero-order valence-electron chi connectivity index (χ0n) is 8.89. The van der Waals surface area contributed by atoms with Crippen LogP contribution in [0, 0.1) is 0 Å². The summed E-state index contributed by atoms with van der Waals surface area (Å²) in [5, 5.41) is 2.71. The first-order chi connectivity index (χ1) is 6.06. The van der Waals surface area contributed by atoms with Crippen molar-refractivity contribution < 1.29 is 9.53 Å². The first kappa shape index (κ1) is 12.0. The predicted octanol–water partition coefficient (Wildman–Crippen LogP) is 2.48. The summed E-state index contributed by atoms with van der Waals surface area (Å²) in [6.07, 6.45) is 3.74. The lowest BCUT2D eigenvalue weighted by atomic mass is 10.1. The first-order valence-electron chi connectivity index (χ1n) is 4.54. The molecule has 1 amide bonds. The molecule has 0 aromatic carbocycles. The normalized spacial score (nSPS) is 11.7. The van der Waals surface area contributed by atoms with E-state index in [1.165, 1.54) is 12.7 Å². The van der Waals surface area contributed by atoms with Crippen molar-refractivity contribution in [3.05, 3.63) is 11.6 Å². The van der Waals surface area contributed by atoms with E-state index in [-0.39, 0.29) is 12.1 Å². The van der Waals surface area contributed by atoms with E-state index >= 15 is 0 Å². The van der Waals surface area contributed by atoms with Crippen LogP contribution in [-0.4, -0.2) is 19.2 Å². The highest BCUT2D eigenvalue weighted by molar-refractivity contribution is 5.67. The van der Waals surface area contributed by atoms with Gasteiger partial charge in [0.25, 0.3) is 0 Å². The Morgan fingerprint density at radius 2 is 2.15 bits per heavy atom. The number of alkyl carbamates (subject to hydrolysis) is 1. The molecule has 0 aliphatic carbocycles. The number of nitrogens with one attached hydrogen (secondary N) is 1. The van der Waals surface area contributed by atoms with E-state index in [0.717, 1.165) is 12.8 Å². The molecule has 3 nitrogen and oxygen atoms in total. The number of hydrogen-bond donors (Lipinski definition) is 1. The van der Waals surface area contributed by atoms with Crippen LogP contribution in [0.3, 0.4) is 0 Å². The number of carbonyl (C=O) groups excluding carboxylic acids is 1. The van der Waals surface area contributed by atoms with Crippen LogP contribution in [0.25, 0.3) is 0 Å². The third-order valence-electron chi connectivity index (χ3n) is 1.70. The first-order valence-corrected chi connectivity index (χ1v) is 4.54. The highest BCUT2D eigenvalue weighted by Gasteiger charge is 2.04. The van der Waals surface area contributed by atoms with E-state index in [1.807, 2.05) is 6.92 Å². The Balaban J connectivity index is 3.57. The van der Waals surface area contributed by atoms with Crippen LogP contribution in [0.5, 0.6) is 0 Å². The van der Waals surface area contributed by atoms with Gasteiger partial charge in [-0.25, -0.2) is 4.79 Å². The third kappa shape index (κ3) is 7.37. The molecule has 0 aromatic rings. The van der Waals surface area contributed by atoms with E-state index in [2.05, 4.69) is 30.0 Å². The minimum atomic E-state index is -0.357. The molecular formula is C10H19NO2. The van der Waals surface area contributed by atoms with Crippen molar-refractivity contribution in [1.82, 2.24) is 5.32 Å². The molecule has 0 heterocycles. The summed E-state index contributed by atoms with van der Waals surface area (Å²) in [4.78, 5) is 10.8. The summed E-state index contributed by atoms with van der Waals surface area (Å²) in [7, 11) is 1.37. The molecule has 13 heavy (non-hydrogen) atoms. The van der Waals surface area contributed by atoms with Crippen molar-refractivity contribution in [2.45, 2.75) is 39.7 Å². The van der Waals surface area contributed by atoms with E-state index in [9.17, 15) is 4.79 Å². The van der Waals surface area contributed by atoms with Crippen molar-refractivity contribution in [3.63, 3.8) is 0 Å². The lowest BCUT2D eigenvalue weighted by Crippen LogP contribution is -2.32. The van der Waals surface area contributed by atoms with Crippen LogP contribution in [-0.2, 0) is 4.74 Å². The van der Waals surface area contributed by atoms with E-state index < -0.39 is 0 Å². The minimum absolute atomic E-state index is 0.169. The van der Waals surface area contributed by atoms with Gasteiger partial charge in [-0.05, 0) is 33.6 Å². The Morgan fingerprint density at radius 1 is 1.54 bits per heavy atom. The van der Waals surface area contributed by atoms with Gasteiger partial charge in [-0.1, -0.05) is 11.6 Å². The standard InChI is InChI=1S/C10H19NO2/c1-8(2)6-5-7-9(3)11-10(12)13-4/h6,9H,5,7H2,1-4H3,(H,11,12). The summed E-state index contributed by atoms with van der Waals surface area (Å²) in [6.45, 7) is 6.10. The van der Waals surface area contributed by atoms with Gasteiger partial charge in [-0.2, -0.15) is 0 Å². The number of rotatable bonds is 4. The number of methoxy groups -OCH3 is 1. The molecule has 0 bridgehead atoms. The summed E-state index contributed by atoms with van der Waals surface area (Å²) < 4.78 is 4.48. The number of allylic oxidation sites excluding steroid dienone is 2. The highest BCUT2D eigenvalue weighted by Crippen LogP contribution is 2.01. The summed E-state index contributed by atoms with van der Waals surface area (Å²) in [5.74, 6) is 0. The van der Waals surface area contributed by atoms with Gasteiger partial charge in [0.1, 0.15) is 0 Å². The number of hydrogen-bond acceptors (Lipinski definition) is 2. The third-order valence-corrected chi connectivity index (χ3v) is 1.70. The van der Waals surface area contributed by atoms with Gasteiger partial charge in [0.2, 0.25) is 0 Å². The summed E-state index contributed by atoms with van der Waals surface area (Å²) in [5.41, 5.74) is 1.31. The molecule has 1 unspecified atom stereocenters. The molecule has 0 spiro atoms. The van der Waals surface area contributed by atoms with Crippen LogP contribution in [0.1, 0.15) is 33.6 Å². The van der Waals surface area contributed by atoms with Gasteiger partial charge < -0.3 is 10.1 Å². The van der Waals surface area contributed by atoms with E-state index in [4.69, 9.17) is 0 Å². The minimum Gasteiger partial charge on any atom is -0.453 e. The lowest BCUT2D eigenvalue weighted by molar-refractivity contribution is 0.167. The van der Waals surface area contributed by atoms with Gasteiger partial charge >= 0.3 is 6.09 Å². The Bertz CT molecular complexity index is 183. The van der Waals surface area contributed by atoms with Gasteiger partial charge in [0, 0.05) is 6.04 Å². The van der Waals surface area contributed by atoms with E-state index in [0.29, 0.717) is 0 Å². The Hall–Kier alpha value is -0.990. The molecule has 0 fully saturated rings. The fourth-order valence-corrected chi connectivity index (χ4v) is 0.954. The second-order valence-electron chi connectivity index (χ2n) is 3.40. The zero-order chi connectivity index (χ0) is 10.3. The molecule has 0 aliphatic heterocycles. The van der Waals surface area contributed by atoms with Crippen LogP contribution < -0.4 is 5.32 Å². The predicted molar refractivity (Wildman–Crippen MR) is 53.7 cm³/mol. The largest absolute Gasteiger partial charge is 0.453 e. The zero-order valence-corrected chi connectivity index (χ0v) is 8.89. The number of carbonyl (C=O) groups is 1. The van der Waals surface area contributed by atoms with Gasteiger partial charge in [-0.15, -0.1) is 0 Å². The maximum atomic E-state index is 10.8. The van der Waals surface area contributed by atoms with Crippen LogP contribution in [0.2, 0.25) is 0 Å². The lowest BCUT2D eigenvalue weighted by Gasteiger charge is -2.11. The maximum Gasteiger partial charge on any atom is 0.407 e. The second-order valence-corrected chi connectivity index (χ2v) is 3.40. The molecular weight excluding hydrogens is 166 g/mol. The summed E-state index contributed by atoms with van der Waals surface area (Å²) in [6, 6.07) is 0.169. The second kappa shape index (κ2) is 6.52. The molecule has 0 radical (unpaired) electrons. The van der Waals surface area contributed by atoms with Crippen molar-refractivity contribution in [3.8, 4) is 0 Å². The van der Waals surface area contributed by atoms with Gasteiger partial charge in [0.05, 0.1) is 7.11 Å². The Kier molecular flexibility index (Phi) is 6.02. The molecule has 3 heteroatoms. The maximum absolute atomic E-state index is 10.8. The van der Waals surface area contributed by atoms with Gasteiger partial charge in [0.15, 0.2) is 0 Å². The van der Waals surface area contributed by atoms with Crippen LogP contribution in [0.4, 0.5) is 4.79 Å². The topological polar surface area (TPSA) is 38.3 Å². The molecule has 1 N–H and O–H groups in total. The number of ether oxygens (including phenoxy) is 1. The molecule has 0 aromatic heterocycles. The average molecular weight is 185 g/mol. The van der Waals surface area contributed by atoms with Gasteiger partial charge in [-0.3, -0.25) is 0 Å². The van der Waals surface area contributed by atoms with Crippen molar-refractivity contribution in [2.24, 2.45) is 0 Å². The fourth-order valence-electron chi connectivity index (χ4n) is 0.954. The highest BCUT2D eigenvalue weighted by atomic mass is 16.5. The monoisotopic (exact) mass is 185 g/mol. The van der Waals surface area contributed by atoms with Crippen molar-refractivity contribution in [1.29, 1.82) is 0 Å². The molecule has 0 saturated carbocycles. The van der Waals surface area contributed by atoms with Crippen LogP contribution in [0.15, 0.2) is 11.6 Å². The SMILES string of the molecule is COC(=O)NC(C)CCC=C(C)C. The smallest absolute Gasteiger partial charge is 0.407 e. The fraction of sp³-hybridized carbons (Fsp3) is 0.700. The molecule has 76 valence electrons. The molecule has 1 atom stereocenters.